The minimum atomic E-state index is -0.185. The van der Waals surface area contributed by atoms with Crippen molar-refractivity contribution in [1.29, 1.82) is 0 Å². The maximum Gasteiger partial charge on any atom is 0.269 e. The van der Waals surface area contributed by atoms with E-state index in [4.69, 9.17) is 4.74 Å². The molecule has 0 bridgehead atoms. The molecule has 0 aromatic carbocycles. The molecule has 0 unspecified atom stereocenters. The highest BCUT2D eigenvalue weighted by atomic mass is 16.5. The Bertz CT molecular complexity index is 1220. The molecule has 5 heterocycles. The zero-order chi connectivity index (χ0) is 22.2. The number of carbonyl (C=O) groups excluding carboxylic acids is 1. The van der Waals surface area contributed by atoms with Gasteiger partial charge in [0.1, 0.15) is 5.69 Å². The Labute approximate surface area is 185 Å². The summed E-state index contributed by atoms with van der Waals surface area (Å²) in [7, 11) is 1.60. The number of piperazine rings is 1. The van der Waals surface area contributed by atoms with Gasteiger partial charge in [0.25, 0.3) is 11.5 Å². The maximum atomic E-state index is 12.0. The van der Waals surface area contributed by atoms with Crippen molar-refractivity contribution < 1.29 is 9.53 Å². The lowest BCUT2D eigenvalue weighted by Crippen LogP contribution is -2.53. The molecule has 0 aliphatic carbocycles. The highest BCUT2D eigenvalue weighted by molar-refractivity contribution is 5.92. The Morgan fingerprint density at radius 3 is 2.94 bits per heavy atom. The number of hydrogen-bond donors (Lipinski definition) is 2. The lowest BCUT2D eigenvalue weighted by molar-refractivity contribution is 0.0958. The van der Waals surface area contributed by atoms with E-state index in [1.165, 1.54) is 0 Å². The second-order valence-electron chi connectivity index (χ2n) is 8.36. The minimum absolute atomic E-state index is 0.0893. The van der Waals surface area contributed by atoms with Crippen LogP contribution in [0.2, 0.25) is 0 Å². The zero-order valence-electron chi connectivity index (χ0n) is 18.2. The molecule has 32 heavy (non-hydrogen) atoms. The van der Waals surface area contributed by atoms with Crippen LogP contribution in [-0.4, -0.2) is 65.1 Å². The van der Waals surface area contributed by atoms with Crippen molar-refractivity contribution in [3.05, 3.63) is 57.6 Å². The van der Waals surface area contributed by atoms with Crippen LogP contribution in [0.3, 0.4) is 0 Å². The van der Waals surface area contributed by atoms with Crippen molar-refractivity contribution >= 4 is 22.6 Å². The fourth-order valence-electron chi connectivity index (χ4n) is 4.45. The van der Waals surface area contributed by atoms with Crippen LogP contribution in [0.5, 0.6) is 5.88 Å². The molecular formula is C23H26N6O3. The zero-order valence-corrected chi connectivity index (χ0v) is 18.2. The molecule has 166 valence electrons. The monoisotopic (exact) mass is 434 g/mol. The number of fused-ring (bicyclic) bond motifs is 3. The van der Waals surface area contributed by atoms with Gasteiger partial charge in [0.05, 0.1) is 29.5 Å². The van der Waals surface area contributed by atoms with Crippen LogP contribution in [0, 0.1) is 6.92 Å². The Balaban J connectivity index is 1.36. The van der Waals surface area contributed by atoms with Crippen molar-refractivity contribution in [2.45, 2.75) is 25.9 Å². The minimum Gasteiger partial charge on any atom is -0.477 e. The number of rotatable bonds is 2. The average Bonchev–Trinajstić information content (AvgIpc) is 2.79. The number of aryl methyl sites for hydroxylation is 1. The average molecular weight is 435 g/mol. The van der Waals surface area contributed by atoms with E-state index in [9.17, 15) is 9.59 Å². The first-order chi connectivity index (χ1) is 15.5. The quantitative estimate of drug-likeness (QED) is 0.629. The van der Waals surface area contributed by atoms with Gasteiger partial charge in [0.2, 0.25) is 5.88 Å². The Kier molecular flexibility index (Phi) is 5.26. The molecule has 1 saturated heterocycles. The number of nitrogens with zero attached hydrogens (tertiary/aromatic N) is 4. The first kappa shape index (κ1) is 20.4. The third-order valence-corrected chi connectivity index (χ3v) is 6.29. The second-order valence-corrected chi connectivity index (χ2v) is 8.36. The SMILES string of the molecule is CNC(=O)c1ccc(N2CCN3Cc4cc5[nH]c(=O)c(C)cc5nc4OCC[C@@H]3C2)cn1. The van der Waals surface area contributed by atoms with E-state index in [0.29, 0.717) is 29.8 Å². The van der Waals surface area contributed by atoms with Crippen LogP contribution in [0.4, 0.5) is 5.69 Å². The number of amides is 1. The summed E-state index contributed by atoms with van der Waals surface area (Å²) in [6.45, 7) is 5.70. The van der Waals surface area contributed by atoms with E-state index in [2.05, 4.69) is 30.1 Å². The fraction of sp³-hybridized carbons (Fsp3) is 0.391. The van der Waals surface area contributed by atoms with Gasteiger partial charge in [-0.05, 0) is 37.6 Å². The third kappa shape index (κ3) is 3.80. The van der Waals surface area contributed by atoms with Gasteiger partial charge < -0.3 is 19.9 Å². The van der Waals surface area contributed by atoms with E-state index in [1.807, 2.05) is 18.2 Å². The summed E-state index contributed by atoms with van der Waals surface area (Å²) in [6.07, 6.45) is 2.66. The Morgan fingerprint density at radius 1 is 1.28 bits per heavy atom. The summed E-state index contributed by atoms with van der Waals surface area (Å²) in [4.78, 5) is 40.5. The number of aromatic amines is 1. The molecule has 9 heteroatoms. The first-order valence-electron chi connectivity index (χ1n) is 10.9. The number of carbonyl (C=O) groups is 1. The summed E-state index contributed by atoms with van der Waals surface area (Å²) in [6, 6.07) is 7.84. The molecule has 1 atom stereocenters. The smallest absolute Gasteiger partial charge is 0.269 e. The van der Waals surface area contributed by atoms with Crippen molar-refractivity contribution in [3.8, 4) is 5.88 Å². The topological polar surface area (TPSA) is 103 Å². The summed E-state index contributed by atoms with van der Waals surface area (Å²) in [5.74, 6) is 0.466. The Hall–Kier alpha value is -3.46. The Morgan fingerprint density at radius 2 is 2.16 bits per heavy atom. The maximum absolute atomic E-state index is 12.0. The van der Waals surface area contributed by atoms with Crippen molar-refractivity contribution in [2.75, 3.05) is 38.2 Å². The van der Waals surface area contributed by atoms with Crippen molar-refractivity contribution in [3.63, 3.8) is 0 Å². The molecule has 0 spiro atoms. The van der Waals surface area contributed by atoms with Gasteiger partial charge in [-0.1, -0.05) is 0 Å². The van der Waals surface area contributed by atoms with Crippen molar-refractivity contribution in [1.82, 2.24) is 25.2 Å². The molecule has 0 saturated carbocycles. The predicted molar refractivity (Wildman–Crippen MR) is 121 cm³/mol. The summed E-state index contributed by atoms with van der Waals surface area (Å²) >= 11 is 0. The van der Waals surface area contributed by atoms with Gasteiger partial charge in [-0.3, -0.25) is 14.5 Å². The number of hydrogen-bond acceptors (Lipinski definition) is 7. The molecule has 0 radical (unpaired) electrons. The fourth-order valence-corrected chi connectivity index (χ4v) is 4.45. The predicted octanol–water partition coefficient (Wildman–Crippen LogP) is 1.46. The molecule has 2 aliphatic rings. The molecule has 5 rings (SSSR count). The highest BCUT2D eigenvalue weighted by Gasteiger charge is 2.30. The summed E-state index contributed by atoms with van der Waals surface area (Å²) in [5.41, 5.74) is 4.46. The van der Waals surface area contributed by atoms with Crippen LogP contribution in [0.15, 0.2) is 35.3 Å². The highest BCUT2D eigenvalue weighted by Crippen LogP contribution is 2.28. The van der Waals surface area contributed by atoms with Gasteiger partial charge in [-0.15, -0.1) is 0 Å². The van der Waals surface area contributed by atoms with Gasteiger partial charge in [0.15, 0.2) is 0 Å². The number of anilines is 1. The van der Waals surface area contributed by atoms with Crippen LogP contribution >= 0.6 is 0 Å². The van der Waals surface area contributed by atoms with E-state index >= 15 is 0 Å². The summed E-state index contributed by atoms with van der Waals surface area (Å²) in [5, 5.41) is 2.60. The largest absolute Gasteiger partial charge is 0.477 e. The van der Waals surface area contributed by atoms with Gasteiger partial charge in [0, 0.05) is 50.4 Å². The summed E-state index contributed by atoms with van der Waals surface area (Å²) < 4.78 is 6.05. The van der Waals surface area contributed by atoms with Crippen LogP contribution in [0.25, 0.3) is 11.0 Å². The molecule has 2 aliphatic heterocycles. The van der Waals surface area contributed by atoms with Gasteiger partial charge in [-0.2, -0.15) is 0 Å². The number of ether oxygens (including phenoxy) is 1. The molecule has 2 N–H and O–H groups in total. The van der Waals surface area contributed by atoms with Gasteiger partial charge >= 0.3 is 0 Å². The van der Waals surface area contributed by atoms with E-state index in [0.717, 1.165) is 54.9 Å². The molecule has 3 aromatic rings. The van der Waals surface area contributed by atoms with E-state index in [-0.39, 0.29) is 11.5 Å². The lowest BCUT2D eigenvalue weighted by Gasteiger charge is -2.43. The number of nitrogens with one attached hydrogen (secondary N) is 2. The van der Waals surface area contributed by atoms with Crippen LogP contribution in [-0.2, 0) is 6.54 Å². The number of pyridine rings is 3. The second kappa shape index (κ2) is 8.23. The van der Waals surface area contributed by atoms with E-state index in [1.54, 1.807) is 26.2 Å². The number of aromatic nitrogens is 3. The molecule has 1 fully saturated rings. The van der Waals surface area contributed by atoms with Crippen LogP contribution in [0.1, 0.15) is 28.0 Å². The number of H-pyrrole nitrogens is 1. The molecule has 9 nitrogen and oxygen atoms in total. The lowest BCUT2D eigenvalue weighted by atomic mass is 10.1. The molecule has 3 aromatic heterocycles. The first-order valence-corrected chi connectivity index (χ1v) is 10.9. The van der Waals surface area contributed by atoms with Crippen LogP contribution < -0.4 is 20.5 Å². The van der Waals surface area contributed by atoms with E-state index < -0.39 is 0 Å². The third-order valence-electron chi connectivity index (χ3n) is 6.29. The van der Waals surface area contributed by atoms with Gasteiger partial charge in [-0.25, -0.2) is 9.97 Å². The molecule has 1 amide bonds. The normalized spacial score (nSPS) is 18.8. The standard InChI is InChI=1S/C23H26N6O3/c1-14-9-19-20(26-21(14)30)10-15-12-28-6-7-29(13-17(28)5-8-32-23(15)27-19)16-3-4-18(25-11-16)22(31)24-2/h3-4,9-11,17H,5-8,12-13H2,1-2H3,(H,24,31)(H,26,30)/t17-/m1/s1. The molecular weight excluding hydrogens is 408 g/mol. The van der Waals surface area contributed by atoms with Crippen molar-refractivity contribution in [2.24, 2.45) is 0 Å².